The van der Waals surface area contributed by atoms with Gasteiger partial charge in [-0.15, -0.1) is 0 Å². The Hall–Kier alpha value is -3.08. The molecule has 0 spiro atoms. The highest BCUT2D eigenvalue weighted by Gasteiger charge is 2.17. The molecule has 1 amide bonds. The van der Waals surface area contributed by atoms with Gasteiger partial charge in [-0.1, -0.05) is 37.3 Å². The van der Waals surface area contributed by atoms with Gasteiger partial charge < -0.3 is 14.2 Å². The zero-order valence-corrected chi connectivity index (χ0v) is 15.9. The van der Waals surface area contributed by atoms with E-state index in [1.807, 2.05) is 36.4 Å². The van der Waals surface area contributed by atoms with Crippen LogP contribution < -0.4 is 10.3 Å². The first-order valence-electron chi connectivity index (χ1n) is 9.07. The fourth-order valence-corrected chi connectivity index (χ4v) is 3.04. The first kappa shape index (κ1) is 18.7. The van der Waals surface area contributed by atoms with Crippen LogP contribution in [0.15, 0.2) is 59.5 Å². The lowest BCUT2D eigenvalue weighted by Gasteiger charge is -2.21. The summed E-state index contributed by atoms with van der Waals surface area (Å²) in [4.78, 5) is 26.3. The number of carbonyl (C=O) groups excluding carboxylic acids is 1. The zero-order chi connectivity index (χ0) is 19.4. The average molecular weight is 364 g/mol. The number of hydrogen-bond acceptors (Lipinski definition) is 3. The molecule has 3 aromatic rings. The topological polar surface area (TPSA) is 51.5 Å². The SMILES string of the molecule is CCCOc1ccc2ccccc2c1CN(C)C(=O)c1ccn(C)c(=O)c1. The Kier molecular flexibility index (Phi) is 5.60. The Balaban J connectivity index is 1.95. The Morgan fingerprint density at radius 2 is 1.93 bits per heavy atom. The quantitative estimate of drug-likeness (QED) is 0.671. The summed E-state index contributed by atoms with van der Waals surface area (Å²) in [7, 11) is 3.40. The van der Waals surface area contributed by atoms with Crippen LogP contribution in [0.3, 0.4) is 0 Å². The maximum absolute atomic E-state index is 12.8. The van der Waals surface area contributed by atoms with Crippen molar-refractivity contribution in [2.75, 3.05) is 13.7 Å². The molecule has 0 fully saturated rings. The highest BCUT2D eigenvalue weighted by Crippen LogP contribution is 2.29. The van der Waals surface area contributed by atoms with Crippen LogP contribution in [-0.4, -0.2) is 29.0 Å². The van der Waals surface area contributed by atoms with Gasteiger partial charge in [-0.05, 0) is 29.3 Å². The Labute approximate surface area is 158 Å². The van der Waals surface area contributed by atoms with Gasteiger partial charge in [-0.25, -0.2) is 0 Å². The second-order valence-corrected chi connectivity index (χ2v) is 6.64. The number of carbonyl (C=O) groups is 1. The Morgan fingerprint density at radius 3 is 2.67 bits per heavy atom. The number of rotatable bonds is 6. The summed E-state index contributed by atoms with van der Waals surface area (Å²) in [6.45, 7) is 3.08. The molecule has 1 heterocycles. The van der Waals surface area contributed by atoms with Gasteiger partial charge in [0.15, 0.2) is 0 Å². The van der Waals surface area contributed by atoms with Gasteiger partial charge in [0.05, 0.1) is 6.61 Å². The average Bonchev–Trinajstić information content (AvgIpc) is 2.68. The van der Waals surface area contributed by atoms with E-state index >= 15 is 0 Å². The maximum atomic E-state index is 12.8. The standard InChI is InChI=1S/C22H24N2O3/c1-4-13-27-20-10-9-16-7-5-6-8-18(16)19(20)15-24(3)22(26)17-11-12-23(2)21(25)14-17/h5-12,14H,4,13,15H2,1-3H3. The number of pyridine rings is 1. The van der Waals surface area contributed by atoms with Crippen molar-refractivity contribution < 1.29 is 9.53 Å². The molecule has 0 radical (unpaired) electrons. The molecule has 0 atom stereocenters. The fraction of sp³-hybridized carbons (Fsp3) is 0.273. The normalized spacial score (nSPS) is 10.8. The Morgan fingerprint density at radius 1 is 1.15 bits per heavy atom. The van der Waals surface area contributed by atoms with Crippen molar-refractivity contribution in [1.29, 1.82) is 0 Å². The number of amides is 1. The number of nitrogens with zero attached hydrogens (tertiary/aromatic N) is 2. The van der Waals surface area contributed by atoms with Crippen LogP contribution in [-0.2, 0) is 13.6 Å². The van der Waals surface area contributed by atoms with Gasteiger partial charge in [0.2, 0.25) is 0 Å². The third-order valence-corrected chi connectivity index (χ3v) is 4.55. The van der Waals surface area contributed by atoms with Crippen molar-refractivity contribution in [3.05, 3.63) is 76.2 Å². The smallest absolute Gasteiger partial charge is 0.254 e. The van der Waals surface area contributed by atoms with Crippen molar-refractivity contribution >= 4 is 16.7 Å². The van der Waals surface area contributed by atoms with E-state index in [1.54, 1.807) is 31.3 Å². The number of benzene rings is 2. The van der Waals surface area contributed by atoms with Crippen molar-refractivity contribution in [3.8, 4) is 5.75 Å². The molecule has 0 aliphatic heterocycles. The third-order valence-electron chi connectivity index (χ3n) is 4.55. The predicted octanol–water partition coefficient (Wildman–Crippen LogP) is 3.60. The number of fused-ring (bicyclic) bond motifs is 1. The molecule has 0 bridgehead atoms. The van der Waals surface area contributed by atoms with Crippen molar-refractivity contribution in [1.82, 2.24) is 9.47 Å². The van der Waals surface area contributed by atoms with Crippen LogP contribution >= 0.6 is 0 Å². The lowest BCUT2D eigenvalue weighted by molar-refractivity contribution is 0.0784. The number of aromatic nitrogens is 1. The molecule has 1 aromatic heterocycles. The van der Waals surface area contributed by atoms with E-state index in [2.05, 4.69) is 6.92 Å². The van der Waals surface area contributed by atoms with E-state index in [1.165, 1.54) is 10.6 Å². The minimum absolute atomic E-state index is 0.193. The summed E-state index contributed by atoms with van der Waals surface area (Å²) in [5.41, 5.74) is 1.16. The second-order valence-electron chi connectivity index (χ2n) is 6.64. The van der Waals surface area contributed by atoms with Gasteiger partial charge in [0.1, 0.15) is 5.75 Å². The van der Waals surface area contributed by atoms with E-state index in [4.69, 9.17) is 4.74 Å². The number of hydrogen-bond donors (Lipinski definition) is 0. The first-order chi connectivity index (χ1) is 13.0. The molecular weight excluding hydrogens is 340 g/mol. The number of aryl methyl sites for hydroxylation is 1. The molecule has 0 unspecified atom stereocenters. The molecule has 2 aromatic carbocycles. The zero-order valence-electron chi connectivity index (χ0n) is 15.9. The van der Waals surface area contributed by atoms with Crippen LogP contribution in [0.25, 0.3) is 10.8 Å². The van der Waals surface area contributed by atoms with Gasteiger partial charge in [0, 0.05) is 44.0 Å². The lowest BCUT2D eigenvalue weighted by Crippen LogP contribution is -2.28. The highest BCUT2D eigenvalue weighted by molar-refractivity contribution is 5.94. The maximum Gasteiger partial charge on any atom is 0.254 e. The molecule has 0 saturated carbocycles. The summed E-state index contributed by atoms with van der Waals surface area (Å²) >= 11 is 0. The van der Waals surface area contributed by atoms with E-state index in [0.717, 1.165) is 28.5 Å². The summed E-state index contributed by atoms with van der Waals surface area (Å²) < 4.78 is 7.37. The van der Waals surface area contributed by atoms with E-state index in [-0.39, 0.29) is 11.5 Å². The lowest BCUT2D eigenvalue weighted by atomic mass is 10.0. The molecule has 140 valence electrons. The van der Waals surface area contributed by atoms with Gasteiger partial charge >= 0.3 is 0 Å². The molecule has 0 N–H and O–H groups in total. The summed E-state index contributed by atoms with van der Waals surface area (Å²) in [6.07, 6.45) is 2.52. The minimum Gasteiger partial charge on any atom is -0.493 e. The van der Waals surface area contributed by atoms with Gasteiger partial charge in [-0.2, -0.15) is 0 Å². The highest BCUT2D eigenvalue weighted by atomic mass is 16.5. The Bertz CT molecular complexity index is 1020. The summed E-state index contributed by atoms with van der Waals surface area (Å²) in [6, 6.07) is 15.1. The minimum atomic E-state index is -0.202. The molecule has 3 rings (SSSR count). The third kappa shape index (κ3) is 4.03. The van der Waals surface area contributed by atoms with Crippen LogP contribution in [0.4, 0.5) is 0 Å². The predicted molar refractivity (Wildman–Crippen MR) is 107 cm³/mol. The molecule has 5 nitrogen and oxygen atoms in total. The van der Waals surface area contributed by atoms with Crippen LogP contribution in [0, 0.1) is 0 Å². The second kappa shape index (κ2) is 8.08. The van der Waals surface area contributed by atoms with Crippen LogP contribution in [0.2, 0.25) is 0 Å². The van der Waals surface area contributed by atoms with Crippen molar-refractivity contribution in [2.45, 2.75) is 19.9 Å². The molecule has 27 heavy (non-hydrogen) atoms. The number of ether oxygens (including phenoxy) is 1. The molecular formula is C22H24N2O3. The van der Waals surface area contributed by atoms with Crippen LogP contribution in [0.5, 0.6) is 5.75 Å². The summed E-state index contributed by atoms with van der Waals surface area (Å²) in [5.74, 6) is 0.598. The van der Waals surface area contributed by atoms with Crippen molar-refractivity contribution in [2.24, 2.45) is 7.05 Å². The van der Waals surface area contributed by atoms with Gasteiger partial charge in [0.25, 0.3) is 11.5 Å². The van der Waals surface area contributed by atoms with E-state index in [0.29, 0.717) is 18.7 Å². The largest absolute Gasteiger partial charge is 0.493 e. The molecule has 0 saturated heterocycles. The van der Waals surface area contributed by atoms with E-state index in [9.17, 15) is 9.59 Å². The molecule has 5 heteroatoms. The van der Waals surface area contributed by atoms with E-state index < -0.39 is 0 Å². The van der Waals surface area contributed by atoms with Gasteiger partial charge in [-0.3, -0.25) is 9.59 Å². The van der Waals surface area contributed by atoms with Crippen LogP contribution in [0.1, 0.15) is 29.3 Å². The summed E-state index contributed by atoms with van der Waals surface area (Å²) in [5, 5.41) is 2.17. The first-order valence-corrected chi connectivity index (χ1v) is 9.07. The molecule has 0 aliphatic carbocycles. The van der Waals surface area contributed by atoms with Crippen molar-refractivity contribution in [3.63, 3.8) is 0 Å². The fourth-order valence-electron chi connectivity index (χ4n) is 3.04. The molecule has 0 aliphatic rings. The monoisotopic (exact) mass is 364 g/mol.